The van der Waals surface area contributed by atoms with Crippen LogP contribution in [-0.4, -0.2) is 17.2 Å². The van der Waals surface area contributed by atoms with Gasteiger partial charge >= 0.3 is 5.97 Å². The Morgan fingerprint density at radius 1 is 1.53 bits per heavy atom. The molecule has 0 saturated carbocycles. The van der Waals surface area contributed by atoms with E-state index in [2.05, 4.69) is 0 Å². The minimum absolute atomic E-state index is 0.0613. The summed E-state index contributed by atoms with van der Waals surface area (Å²) in [6.45, 7) is 3.40. The molecule has 1 aromatic rings. The Labute approximate surface area is 91.4 Å². The zero-order valence-electron chi connectivity index (χ0n) is 8.25. The van der Waals surface area contributed by atoms with Crippen LogP contribution in [-0.2, 0) is 0 Å². The molecule has 0 fully saturated rings. The van der Waals surface area contributed by atoms with Gasteiger partial charge < -0.3 is 9.84 Å². The average molecular weight is 233 g/mol. The van der Waals surface area contributed by atoms with E-state index in [9.17, 15) is 9.18 Å². The molecule has 15 heavy (non-hydrogen) atoms. The zero-order valence-corrected chi connectivity index (χ0v) is 9.01. The summed E-state index contributed by atoms with van der Waals surface area (Å²) < 4.78 is 18.7. The third-order valence-corrected chi connectivity index (χ3v) is 1.93. The number of carboxylic acids is 1. The van der Waals surface area contributed by atoms with Crippen molar-refractivity contribution < 1.29 is 19.0 Å². The van der Waals surface area contributed by atoms with Crippen LogP contribution in [0.25, 0.3) is 0 Å². The van der Waals surface area contributed by atoms with Crippen molar-refractivity contribution in [1.29, 1.82) is 0 Å². The van der Waals surface area contributed by atoms with Gasteiger partial charge in [0.15, 0.2) is 11.6 Å². The van der Waals surface area contributed by atoms with Crippen LogP contribution < -0.4 is 4.74 Å². The van der Waals surface area contributed by atoms with Crippen LogP contribution in [0.3, 0.4) is 0 Å². The molecule has 0 bridgehead atoms. The molecule has 82 valence electrons. The third-order valence-electron chi connectivity index (χ3n) is 1.63. The lowest BCUT2D eigenvalue weighted by molar-refractivity contribution is 0.0690. The average Bonchev–Trinajstić information content (AvgIpc) is 2.11. The normalized spacial score (nSPS) is 10.5. The fourth-order valence-corrected chi connectivity index (χ4v) is 1.23. The molecule has 1 N–H and O–H groups in total. The van der Waals surface area contributed by atoms with Gasteiger partial charge in [-0.15, -0.1) is 0 Å². The summed E-state index contributed by atoms with van der Waals surface area (Å²) >= 11 is 5.69. The molecule has 0 atom stereocenters. The number of benzene rings is 1. The highest BCUT2D eigenvalue weighted by molar-refractivity contribution is 6.32. The Morgan fingerprint density at radius 3 is 2.60 bits per heavy atom. The lowest BCUT2D eigenvalue weighted by atomic mass is 10.2. The predicted octanol–water partition coefficient (Wildman–Crippen LogP) is 2.96. The van der Waals surface area contributed by atoms with Gasteiger partial charge in [0.2, 0.25) is 0 Å². The smallest absolute Gasteiger partial charge is 0.338 e. The van der Waals surface area contributed by atoms with Gasteiger partial charge in [-0.1, -0.05) is 11.6 Å². The first-order chi connectivity index (χ1) is 6.93. The van der Waals surface area contributed by atoms with Crippen molar-refractivity contribution >= 4 is 17.6 Å². The number of rotatable bonds is 3. The van der Waals surface area contributed by atoms with Crippen molar-refractivity contribution in [2.45, 2.75) is 20.0 Å². The molecule has 0 spiro atoms. The highest BCUT2D eigenvalue weighted by Gasteiger charge is 2.18. The summed E-state index contributed by atoms with van der Waals surface area (Å²) in [6.07, 6.45) is -0.277. The Bertz CT molecular complexity index is 390. The standard InChI is InChI=1S/C10H10ClFO3/c1-5(2)15-9-7(11)4-3-6(8(9)12)10(13)14/h3-5H,1-2H3,(H,13,14). The molecule has 5 heteroatoms. The van der Waals surface area contributed by atoms with Crippen molar-refractivity contribution in [1.82, 2.24) is 0 Å². The largest absolute Gasteiger partial charge is 0.486 e. The van der Waals surface area contributed by atoms with E-state index in [1.54, 1.807) is 13.8 Å². The molecule has 1 aromatic carbocycles. The summed E-state index contributed by atoms with van der Waals surface area (Å²) in [4.78, 5) is 10.6. The molecule has 0 aliphatic carbocycles. The van der Waals surface area contributed by atoms with Crippen molar-refractivity contribution in [3.8, 4) is 5.75 Å². The van der Waals surface area contributed by atoms with E-state index in [1.807, 2.05) is 0 Å². The second kappa shape index (κ2) is 4.49. The number of carboxylic acid groups (broad SMARTS) is 1. The maximum absolute atomic E-state index is 13.6. The summed E-state index contributed by atoms with van der Waals surface area (Å²) in [7, 11) is 0. The van der Waals surface area contributed by atoms with Gasteiger partial charge in [-0.3, -0.25) is 0 Å². The van der Waals surface area contributed by atoms with Gasteiger partial charge in [0.25, 0.3) is 0 Å². The fourth-order valence-electron chi connectivity index (χ4n) is 1.04. The summed E-state index contributed by atoms with van der Waals surface area (Å²) in [6, 6.07) is 2.40. The maximum atomic E-state index is 13.6. The highest BCUT2D eigenvalue weighted by Crippen LogP contribution is 2.30. The summed E-state index contributed by atoms with van der Waals surface area (Å²) in [5, 5.41) is 8.74. The number of hydrogen-bond donors (Lipinski definition) is 1. The van der Waals surface area contributed by atoms with Gasteiger partial charge in [-0.05, 0) is 26.0 Å². The highest BCUT2D eigenvalue weighted by atomic mass is 35.5. The molecule has 0 radical (unpaired) electrons. The van der Waals surface area contributed by atoms with Crippen LogP contribution >= 0.6 is 11.6 Å². The van der Waals surface area contributed by atoms with Crippen molar-refractivity contribution in [3.63, 3.8) is 0 Å². The van der Waals surface area contributed by atoms with Crippen LogP contribution in [0.15, 0.2) is 12.1 Å². The number of hydrogen-bond acceptors (Lipinski definition) is 2. The topological polar surface area (TPSA) is 46.5 Å². The van der Waals surface area contributed by atoms with E-state index < -0.39 is 17.3 Å². The molecule has 3 nitrogen and oxygen atoms in total. The summed E-state index contributed by atoms with van der Waals surface area (Å²) in [5.41, 5.74) is -0.449. The van der Waals surface area contributed by atoms with Crippen LogP contribution in [0.5, 0.6) is 5.75 Å². The fraction of sp³-hybridized carbons (Fsp3) is 0.300. The van der Waals surface area contributed by atoms with Crippen LogP contribution in [0.2, 0.25) is 5.02 Å². The molecule has 0 amide bonds. The van der Waals surface area contributed by atoms with E-state index in [0.29, 0.717) is 0 Å². The van der Waals surface area contributed by atoms with Crippen molar-refractivity contribution in [3.05, 3.63) is 28.5 Å². The van der Waals surface area contributed by atoms with Crippen molar-refractivity contribution in [2.24, 2.45) is 0 Å². The quantitative estimate of drug-likeness (QED) is 0.872. The van der Waals surface area contributed by atoms with Crippen LogP contribution in [0.4, 0.5) is 4.39 Å². The molecule has 0 aliphatic heterocycles. The predicted molar refractivity (Wildman–Crippen MR) is 54.1 cm³/mol. The zero-order chi connectivity index (χ0) is 11.6. The maximum Gasteiger partial charge on any atom is 0.338 e. The van der Waals surface area contributed by atoms with Crippen LogP contribution in [0, 0.1) is 5.82 Å². The third kappa shape index (κ3) is 2.59. The number of aromatic carboxylic acids is 1. The molecule has 1 rings (SSSR count). The Balaban J connectivity index is 3.24. The lowest BCUT2D eigenvalue weighted by Crippen LogP contribution is -2.10. The molecule has 0 aromatic heterocycles. The van der Waals surface area contributed by atoms with E-state index >= 15 is 0 Å². The van der Waals surface area contributed by atoms with Gasteiger partial charge in [0.05, 0.1) is 16.7 Å². The van der Waals surface area contributed by atoms with E-state index in [0.717, 1.165) is 6.07 Å². The molecular weight excluding hydrogens is 223 g/mol. The second-order valence-corrected chi connectivity index (χ2v) is 3.62. The Kier molecular flexibility index (Phi) is 3.52. The molecule has 0 heterocycles. The monoisotopic (exact) mass is 232 g/mol. The first-order valence-corrected chi connectivity index (χ1v) is 4.69. The number of carbonyl (C=O) groups is 1. The van der Waals surface area contributed by atoms with Crippen molar-refractivity contribution in [2.75, 3.05) is 0 Å². The SMILES string of the molecule is CC(C)Oc1c(Cl)ccc(C(=O)O)c1F. The van der Waals surface area contributed by atoms with Gasteiger partial charge in [0, 0.05) is 0 Å². The minimum atomic E-state index is -1.35. The van der Waals surface area contributed by atoms with Gasteiger partial charge in [0.1, 0.15) is 0 Å². The molecule has 0 aliphatic rings. The van der Waals surface area contributed by atoms with E-state index in [4.69, 9.17) is 21.4 Å². The van der Waals surface area contributed by atoms with Gasteiger partial charge in [-0.2, -0.15) is 0 Å². The summed E-state index contributed by atoms with van der Waals surface area (Å²) in [5.74, 6) is -2.51. The second-order valence-electron chi connectivity index (χ2n) is 3.21. The number of halogens is 2. The van der Waals surface area contributed by atoms with Crippen LogP contribution in [0.1, 0.15) is 24.2 Å². The van der Waals surface area contributed by atoms with Gasteiger partial charge in [-0.25, -0.2) is 9.18 Å². The number of ether oxygens (including phenoxy) is 1. The first-order valence-electron chi connectivity index (χ1n) is 4.31. The molecular formula is C10H10ClFO3. The van der Waals surface area contributed by atoms with E-state index in [-0.39, 0.29) is 16.9 Å². The molecule has 0 saturated heterocycles. The minimum Gasteiger partial charge on any atom is -0.486 e. The Morgan fingerprint density at radius 2 is 2.13 bits per heavy atom. The Hall–Kier alpha value is -1.29. The van der Waals surface area contributed by atoms with E-state index in [1.165, 1.54) is 6.07 Å². The first kappa shape index (κ1) is 11.8. The molecule has 0 unspecified atom stereocenters. The lowest BCUT2D eigenvalue weighted by Gasteiger charge is -2.13.